The highest BCUT2D eigenvalue weighted by Gasteiger charge is 2.23. The molecule has 124 valence electrons. The summed E-state index contributed by atoms with van der Waals surface area (Å²) in [5.41, 5.74) is 1.44. The lowest BCUT2D eigenvalue weighted by atomic mass is 10.0. The minimum Gasteiger partial charge on any atom is -0.380 e. The second-order valence-corrected chi connectivity index (χ2v) is 6.03. The van der Waals surface area contributed by atoms with E-state index in [-0.39, 0.29) is 17.9 Å². The van der Waals surface area contributed by atoms with Gasteiger partial charge in [-0.1, -0.05) is 32.0 Å². The van der Waals surface area contributed by atoms with Crippen LogP contribution in [0.1, 0.15) is 26.7 Å². The highest BCUT2D eigenvalue weighted by molar-refractivity contribution is 6.39. The summed E-state index contributed by atoms with van der Waals surface area (Å²) in [6.45, 7) is 4.72. The molecule has 0 saturated heterocycles. The van der Waals surface area contributed by atoms with Gasteiger partial charge in [0.05, 0.1) is 0 Å². The molecule has 0 saturated carbocycles. The van der Waals surface area contributed by atoms with Crippen LogP contribution < -0.4 is 10.6 Å². The lowest BCUT2D eigenvalue weighted by molar-refractivity contribution is -0.130. The molecule has 1 aromatic rings. The fraction of sp³-hybridized carbons (Fsp3) is 0.471. The zero-order valence-corrected chi connectivity index (χ0v) is 13.9. The number of hydrogen-bond acceptors (Lipinski definition) is 4. The van der Waals surface area contributed by atoms with E-state index in [0.29, 0.717) is 31.0 Å². The van der Waals surface area contributed by atoms with Crippen molar-refractivity contribution in [3.05, 3.63) is 30.3 Å². The molecule has 1 aliphatic heterocycles. The molecule has 1 heterocycles. The molecule has 0 spiro atoms. The topological polar surface area (TPSA) is 73.8 Å². The molecule has 6 heteroatoms. The van der Waals surface area contributed by atoms with Crippen molar-refractivity contribution in [2.24, 2.45) is 11.0 Å². The van der Waals surface area contributed by atoms with Crippen LogP contribution in [0.3, 0.4) is 0 Å². The van der Waals surface area contributed by atoms with E-state index in [9.17, 15) is 9.59 Å². The Labute approximate surface area is 136 Å². The predicted molar refractivity (Wildman–Crippen MR) is 91.1 cm³/mol. The number of carbonyl (C=O) groups is 2. The van der Waals surface area contributed by atoms with Gasteiger partial charge in [0, 0.05) is 38.2 Å². The Kier molecular flexibility index (Phi) is 5.73. The number of carbonyl (C=O) groups excluding carboxylic acids is 2. The van der Waals surface area contributed by atoms with E-state index in [1.54, 1.807) is 7.05 Å². The first kappa shape index (κ1) is 17.0. The fourth-order valence-electron chi connectivity index (χ4n) is 2.34. The minimum absolute atomic E-state index is 0.0626. The minimum atomic E-state index is -0.204. The first-order chi connectivity index (χ1) is 11.0. The molecule has 2 N–H and O–H groups in total. The van der Waals surface area contributed by atoms with Crippen LogP contribution in [-0.4, -0.2) is 42.2 Å². The van der Waals surface area contributed by atoms with Gasteiger partial charge in [0.2, 0.25) is 5.91 Å². The van der Waals surface area contributed by atoms with Crippen molar-refractivity contribution >= 4 is 23.2 Å². The lowest BCUT2D eigenvalue weighted by Gasteiger charge is -2.25. The summed E-state index contributed by atoms with van der Waals surface area (Å²) in [5.74, 6) is 0.0882. The maximum absolute atomic E-state index is 12.2. The number of nitrogens with one attached hydrogen (secondary N) is 2. The van der Waals surface area contributed by atoms with Crippen molar-refractivity contribution in [1.29, 1.82) is 0 Å². The van der Waals surface area contributed by atoms with Gasteiger partial charge in [0.1, 0.15) is 5.71 Å². The quantitative estimate of drug-likeness (QED) is 0.841. The molecule has 2 rings (SSSR count). The summed E-state index contributed by atoms with van der Waals surface area (Å²) < 4.78 is 0. The third kappa shape index (κ3) is 4.81. The summed E-state index contributed by atoms with van der Waals surface area (Å²) in [6.07, 6.45) is 0.728. The molecule has 23 heavy (non-hydrogen) atoms. The van der Waals surface area contributed by atoms with Crippen LogP contribution in [0.25, 0.3) is 0 Å². The molecule has 1 aliphatic rings. The average molecular weight is 316 g/mol. The van der Waals surface area contributed by atoms with Crippen LogP contribution >= 0.6 is 0 Å². The summed E-state index contributed by atoms with van der Waals surface area (Å²) in [7, 11) is 1.57. The SMILES string of the molecule is CC(C)[C@@H](CNC(=O)C1=NN(C)C(=O)CC1)Nc1ccccc1. The Balaban J connectivity index is 1.92. The Morgan fingerprint density at radius 3 is 2.57 bits per heavy atom. The van der Waals surface area contributed by atoms with Gasteiger partial charge in [0.25, 0.3) is 5.91 Å². The number of para-hydroxylation sites is 1. The smallest absolute Gasteiger partial charge is 0.267 e. The van der Waals surface area contributed by atoms with Gasteiger partial charge in [-0.3, -0.25) is 9.59 Å². The van der Waals surface area contributed by atoms with E-state index < -0.39 is 0 Å². The molecule has 0 radical (unpaired) electrons. The van der Waals surface area contributed by atoms with Crippen molar-refractivity contribution in [2.75, 3.05) is 18.9 Å². The van der Waals surface area contributed by atoms with Gasteiger partial charge >= 0.3 is 0 Å². The first-order valence-electron chi connectivity index (χ1n) is 7.91. The lowest BCUT2D eigenvalue weighted by Crippen LogP contribution is -2.43. The molecule has 0 bridgehead atoms. The molecule has 1 atom stereocenters. The summed E-state index contributed by atoms with van der Waals surface area (Å²) in [5, 5.41) is 11.6. The number of hydrazone groups is 1. The van der Waals surface area contributed by atoms with Crippen molar-refractivity contribution in [3.63, 3.8) is 0 Å². The van der Waals surface area contributed by atoms with Gasteiger partial charge in [-0.2, -0.15) is 5.10 Å². The van der Waals surface area contributed by atoms with Gasteiger partial charge in [0.15, 0.2) is 0 Å². The van der Waals surface area contributed by atoms with Crippen LogP contribution in [0.5, 0.6) is 0 Å². The van der Waals surface area contributed by atoms with Crippen molar-refractivity contribution in [3.8, 4) is 0 Å². The van der Waals surface area contributed by atoms with Crippen LogP contribution in [0.4, 0.5) is 5.69 Å². The standard InChI is InChI=1S/C17H24N4O2/c1-12(2)15(19-13-7-5-4-6-8-13)11-18-17(23)14-9-10-16(22)21(3)20-14/h4-8,12,15,19H,9-11H2,1-3H3,(H,18,23)/t15-/m1/s1. The zero-order valence-electron chi connectivity index (χ0n) is 13.9. The predicted octanol–water partition coefficient (Wildman–Crippen LogP) is 1.85. The molecule has 1 aromatic carbocycles. The molecular weight excluding hydrogens is 292 g/mol. The highest BCUT2D eigenvalue weighted by atomic mass is 16.2. The van der Waals surface area contributed by atoms with Crippen LogP contribution in [0.2, 0.25) is 0 Å². The van der Waals surface area contributed by atoms with Crippen LogP contribution in [0, 0.1) is 5.92 Å². The van der Waals surface area contributed by atoms with Crippen LogP contribution in [-0.2, 0) is 9.59 Å². The van der Waals surface area contributed by atoms with Crippen molar-refractivity contribution in [1.82, 2.24) is 10.3 Å². The Morgan fingerprint density at radius 2 is 1.96 bits per heavy atom. The molecule has 0 aromatic heterocycles. The first-order valence-corrected chi connectivity index (χ1v) is 7.91. The molecule has 0 aliphatic carbocycles. The fourth-order valence-corrected chi connectivity index (χ4v) is 2.34. The molecule has 2 amide bonds. The maximum Gasteiger partial charge on any atom is 0.267 e. The van der Waals surface area contributed by atoms with Gasteiger partial charge < -0.3 is 10.6 Å². The number of anilines is 1. The highest BCUT2D eigenvalue weighted by Crippen LogP contribution is 2.12. The van der Waals surface area contributed by atoms with E-state index in [2.05, 4.69) is 29.6 Å². The molecule has 6 nitrogen and oxygen atoms in total. The normalized spacial score (nSPS) is 16.1. The van der Waals surface area contributed by atoms with E-state index in [1.807, 2.05) is 30.3 Å². The monoisotopic (exact) mass is 316 g/mol. The van der Waals surface area contributed by atoms with Crippen molar-refractivity contribution in [2.45, 2.75) is 32.7 Å². The number of benzene rings is 1. The number of nitrogens with zero attached hydrogens (tertiary/aromatic N) is 2. The van der Waals surface area contributed by atoms with E-state index in [0.717, 1.165) is 5.69 Å². The second-order valence-electron chi connectivity index (χ2n) is 6.03. The number of amides is 2. The summed E-state index contributed by atoms with van der Waals surface area (Å²) in [4.78, 5) is 23.6. The average Bonchev–Trinajstić information content (AvgIpc) is 2.54. The van der Waals surface area contributed by atoms with Crippen molar-refractivity contribution < 1.29 is 9.59 Å². The van der Waals surface area contributed by atoms with Gasteiger partial charge in [-0.15, -0.1) is 0 Å². The zero-order chi connectivity index (χ0) is 16.8. The molecule has 0 fully saturated rings. The Hall–Kier alpha value is -2.37. The largest absolute Gasteiger partial charge is 0.380 e. The van der Waals surface area contributed by atoms with E-state index >= 15 is 0 Å². The Bertz CT molecular complexity index is 584. The van der Waals surface area contributed by atoms with Gasteiger partial charge in [-0.25, -0.2) is 5.01 Å². The molecule has 0 unspecified atom stereocenters. The second kappa shape index (κ2) is 7.76. The van der Waals surface area contributed by atoms with Crippen LogP contribution in [0.15, 0.2) is 35.4 Å². The Morgan fingerprint density at radius 1 is 1.26 bits per heavy atom. The van der Waals surface area contributed by atoms with Gasteiger partial charge in [-0.05, 0) is 18.1 Å². The summed E-state index contributed by atoms with van der Waals surface area (Å²) >= 11 is 0. The third-order valence-corrected chi connectivity index (χ3v) is 3.88. The van der Waals surface area contributed by atoms with E-state index in [4.69, 9.17) is 0 Å². The maximum atomic E-state index is 12.2. The molecular formula is C17H24N4O2. The number of hydrogen-bond donors (Lipinski definition) is 2. The van der Waals surface area contributed by atoms with E-state index in [1.165, 1.54) is 5.01 Å². The third-order valence-electron chi connectivity index (χ3n) is 3.88. The number of rotatable bonds is 6. The summed E-state index contributed by atoms with van der Waals surface area (Å²) in [6, 6.07) is 10.0.